The number of hydrogen-bond acceptors (Lipinski definition) is 4. The van der Waals surface area contributed by atoms with Gasteiger partial charge in [0.15, 0.2) is 0 Å². The van der Waals surface area contributed by atoms with Crippen molar-refractivity contribution in [2.75, 3.05) is 52.1 Å². The molecular formula is C22H30N4O2. The average Bonchev–Trinajstić information content (AvgIpc) is 2.93. The minimum atomic E-state index is -0.219. The molecule has 1 aliphatic rings. The van der Waals surface area contributed by atoms with Gasteiger partial charge in [-0.15, -0.1) is 0 Å². The summed E-state index contributed by atoms with van der Waals surface area (Å²) in [6, 6.07) is 13.8. The Kier molecular flexibility index (Phi) is 6.65. The van der Waals surface area contributed by atoms with Gasteiger partial charge >= 0.3 is 0 Å². The molecular weight excluding hydrogens is 352 g/mol. The first-order chi connectivity index (χ1) is 13.5. The van der Waals surface area contributed by atoms with Gasteiger partial charge in [-0.25, -0.2) is 0 Å². The lowest BCUT2D eigenvalue weighted by Gasteiger charge is -2.27. The minimum Gasteiger partial charge on any atom is -0.348 e. The van der Waals surface area contributed by atoms with E-state index in [0.29, 0.717) is 6.54 Å². The molecule has 3 rings (SSSR count). The number of fused-ring (bicyclic) bond motifs is 1. The summed E-state index contributed by atoms with van der Waals surface area (Å²) in [5.41, 5.74) is 0.850. The van der Waals surface area contributed by atoms with Crippen molar-refractivity contribution in [3.8, 4) is 0 Å². The number of nitrogens with zero attached hydrogens (tertiary/aromatic N) is 3. The van der Waals surface area contributed by atoms with Crippen LogP contribution in [0.1, 0.15) is 13.3 Å². The Labute approximate surface area is 167 Å². The van der Waals surface area contributed by atoms with Crippen LogP contribution in [0.5, 0.6) is 0 Å². The molecule has 2 aromatic rings. The number of nitrogens with one attached hydrogen (secondary N) is 1. The van der Waals surface area contributed by atoms with E-state index in [1.807, 2.05) is 49.4 Å². The summed E-state index contributed by atoms with van der Waals surface area (Å²) in [7, 11) is 3.57. The summed E-state index contributed by atoms with van der Waals surface area (Å²) in [5.74, 6) is 0.129. The molecule has 1 saturated heterocycles. The molecule has 1 heterocycles. The fourth-order valence-electron chi connectivity index (χ4n) is 3.61. The maximum Gasteiger partial charge on any atom is 0.241 e. The summed E-state index contributed by atoms with van der Waals surface area (Å²) in [5, 5.41) is 5.27. The van der Waals surface area contributed by atoms with Crippen molar-refractivity contribution < 1.29 is 9.59 Å². The van der Waals surface area contributed by atoms with Crippen molar-refractivity contribution in [3.63, 3.8) is 0 Å². The molecule has 1 fully saturated rings. The first kappa shape index (κ1) is 20.3. The first-order valence-electron chi connectivity index (χ1n) is 9.91. The van der Waals surface area contributed by atoms with Crippen LogP contribution in [0.4, 0.5) is 5.69 Å². The molecule has 0 saturated carbocycles. The van der Waals surface area contributed by atoms with Crippen LogP contribution in [-0.2, 0) is 9.59 Å². The Morgan fingerprint density at radius 1 is 1.04 bits per heavy atom. The SMILES string of the molecule is CC(C(=O)Nc1cccc2ccccc12)N1CCCN(CC(=O)N(C)C)CC1. The molecule has 2 amide bonds. The maximum atomic E-state index is 12.9. The van der Waals surface area contributed by atoms with E-state index in [2.05, 4.69) is 15.1 Å². The minimum absolute atomic E-state index is 0.00849. The van der Waals surface area contributed by atoms with Crippen LogP contribution in [0.3, 0.4) is 0 Å². The normalized spacial score (nSPS) is 17.1. The van der Waals surface area contributed by atoms with Gasteiger partial charge < -0.3 is 10.2 Å². The molecule has 0 aromatic heterocycles. The second-order valence-corrected chi connectivity index (χ2v) is 7.65. The molecule has 0 radical (unpaired) electrons. The number of hydrogen-bond donors (Lipinski definition) is 1. The van der Waals surface area contributed by atoms with E-state index in [9.17, 15) is 9.59 Å². The zero-order valence-corrected chi connectivity index (χ0v) is 17.0. The maximum absolute atomic E-state index is 12.9. The number of likely N-dealkylation sites (N-methyl/N-ethyl adjacent to an activating group) is 1. The lowest BCUT2D eigenvalue weighted by atomic mass is 10.1. The van der Waals surface area contributed by atoms with Crippen molar-refractivity contribution in [3.05, 3.63) is 42.5 Å². The van der Waals surface area contributed by atoms with Crippen LogP contribution in [0.15, 0.2) is 42.5 Å². The topological polar surface area (TPSA) is 55.9 Å². The van der Waals surface area contributed by atoms with Gasteiger partial charge in [-0.1, -0.05) is 36.4 Å². The van der Waals surface area contributed by atoms with Crippen LogP contribution in [0.25, 0.3) is 10.8 Å². The average molecular weight is 383 g/mol. The van der Waals surface area contributed by atoms with Gasteiger partial charge in [0, 0.05) is 44.8 Å². The Morgan fingerprint density at radius 2 is 1.79 bits per heavy atom. The predicted octanol–water partition coefficient (Wildman–Crippen LogP) is 2.26. The molecule has 1 N–H and O–H groups in total. The molecule has 6 heteroatoms. The Morgan fingerprint density at radius 3 is 2.57 bits per heavy atom. The molecule has 150 valence electrons. The Bertz CT molecular complexity index is 831. The van der Waals surface area contributed by atoms with E-state index in [-0.39, 0.29) is 17.9 Å². The number of carbonyl (C=O) groups is 2. The second kappa shape index (κ2) is 9.17. The fourth-order valence-corrected chi connectivity index (χ4v) is 3.61. The quantitative estimate of drug-likeness (QED) is 0.862. The largest absolute Gasteiger partial charge is 0.348 e. The molecule has 2 aromatic carbocycles. The molecule has 1 unspecified atom stereocenters. The van der Waals surface area contributed by atoms with Gasteiger partial charge in [-0.2, -0.15) is 0 Å². The fraction of sp³-hybridized carbons (Fsp3) is 0.455. The third-order valence-corrected chi connectivity index (χ3v) is 5.46. The monoisotopic (exact) mass is 382 g/mol. The number of amides is 2. The van der Waals surface area contributed by atoms with Crippen molar-refractivity contribution in [1.82, 2.24) is 14.7 Å². The van der Waals surface area contributed by atoms with Gasteiger partial charge in [-0.05, 0) is 31.3 Å². The van der Waals surface area contributed by atoms with E-state index >= 15 is 0 Å². The third-order valence-electron chi connectivity index (χ3n) is 5.46. The van der Waals surface area contributed by atoms with Crippen LogP contribution >= 0.6 is 0 Å². The highest BCUT2D eigenvalue weighted by atomic mass is 16.2. The van der Waals surface area contributed by atoms with E-state index < -0.39 is 0 Å². The third kappa shape index (κ3) is 4.88. The summed E-state index contributed by atoms with van der Waals surface area (Å²) < 4.78 is 0. The molecule has 28 heavy (non-hydrogen) atoms. The van der Waals surface area contributed by atoms with E-state index in [1.54, 1.807) is 19.0 Å². The van der Waals surface area contributed by atoms with Crippen LogP contribution in [0, 0.1) is 0 Å². The zero-order chi connectivity index (χ0) is 20.1. The molecule has 1 aliphatic heterocycles. The summed E-state index contributed by atoms with van der Waals surface area (Å²) >= 11 is 0. The van der Waals surface area contributed by atoms with Crippen molar-refractivity contribution in [2.45, 2.75) is 19.4 Å². The van der Waals surface area contributed by atoms with Crippen molar-refractivity contribution >= 4 is 28.3 Å². The number of anilines is 1. The molecule has 0 bridgehead atoms. The summed E-state index contributed by atoms with van der Waals surface area (Å²) in [6.45, 7) is 5.72. The van der Waals surface area contributed by atoms with Gasteiger partial charge in [0.25, 0.3) is 0 Å². The molecule has 1 atom stereocenters. The van der Waals surface area contributed by atoms with Gasteiger partial charge in [0.1, 0.15) is 0 Å². The number of rotatable bonds is 5. The predicted molar refractivity (Wildman–Crippen MR) is 113 cm³/mol. The number of benzene rings is 2. The van der Waals surface area contributed by atoms with Gasteiger partial charge in [0.05, 0.1) is 12.6 Å². The first-order valence-corrected chi connectivity index (χ1v) is 9.91. The Balaban J connectivity index is 1.61. The van der Waals surface area contributed by atoms with Crippen LogP contribution in [-0.4, -0.2) is 79.4 Å². The molecule has 0 spiro atoms. The van der Waals surface area contributed by atoms with Crippen molar-refractivity contribution in [1.29, 1.82) is 0 Å². The summed E-state index contributed by atoms with van der Waals surface area (Å²) in [4.78, 5) is 30.9. The highest BCUT2D eigenvalue weighted by Crippen LogP contribution is 2.23. The smallest absolute Gasteiger partial charge is 0.241 e. The van der Waals surface area contributed by atoms with Crippen molar-refractivity contribution in [2.24, 2.45) is 0 Å². The van der Waals surface area contributed by atoms with Crippen LogP contribution < -0.4 is 5.32 Å². The van der Waals surface area contributed by atoms with E-state index in [1.165, 1.54) is 0 Å². The molecule has 0 aliphatic carbocycles. The highest BCUT2D eigenvalue weighted by Gasteiger charge is 2.25. The summed E-state index contributed by atoms with van der Waals surface area (Å²) in [6.07, 6.45) is 0.951. The van der Waals surface area contributed by atoms with E-state index in [0.717, 1.165) is 49.1 Å². The standard InChI is InChI=1S/C22H30N4O2/c1-17(26-13-7-12-25(14-15-26)16-21(27)24(2)3)22(28)23-20-11-6-9-18-8-4-5-10-19(18)20/h4-6,8-11,17H,7,12-16H2,1-3H3,(H,23,28). The van der Waals surface area contributed by atoms with Gasteiger partial charge in [-0.3, -0.25) is 19.4 Å². The lowest BCUT2D eigenvalue weighted by molar-refractivity contribution is -0.130. The van der Waals surface area contributed by atoms with Gasteiger partial charge in [0.2, 0.25) is 11.8 Å². The lowest BCUT2D eigenvalue weighted by Crippen LogP contribution is -2.44. The van der Waals surface area contributed by atoms with Crippen LogP contribution in [0.2, 0.25) is 0 Å². The number of carbonyl (C=O) groups excluding carboxylic acids is 2. The van der Waals surface area contributed by atoms with E-state index in [4.69, 9.17) is 0 Å². The second-order valence-electron chi connectivity index (χ2n) is 7.65. The highest BCUT2D eigenvalue weighted by molar-refractivity contribution is 6.03. The zero-order valence-electron chi connectivity index (χ0n) is 17.0. The Hall–Kier alpha value is -2.44. The molecule has 6 nitrogen and oxygen atoms in total.